The summed E-state index contributed by atoms with van der Waals surface area (Å²) >= 11 is 0. The Morgan fingerprint density at radius 3 is 2.10 bits per heavy atom. The van der Waals surface area contributed by atoms with Crippen LogP contribution in [-0.4, -0.2) is 29.3 Å². The van der Waals surface area contributed by atoms with E-state index >= 15 is 0 Å². The maximum absolute atomic E-state index is 13.1. The maximum Gasteiger partial charge on any atom is 0.183 e. The van der Waals surface area contributed by atoms with Gasteiger partial charge in [0, 0.05) is 5.56 Å². The number of Topliss-reactive ketones (excluding diaryl/α,β-unsaturated/α-hetero) is 1. The molecule has 21 heavy (non-hydrogen) atoms. The van der Waals surface area contributed by atoms with Crippen LogP contribution in [0, 0.1) is 0 Å². The van der Waals surface area contributed by atoms with Gasteiger partial charge in [-0.3, -0.25) is 9.69 Å². The summed E-state index contributed by atoms with van der Waals surface area (Å²) in [5, 5.41) is 0. The van der Waals surface area contributed by atoms with Crippen LogP contribution in [0.15, 0.2) is 24.3 Å². The van der Waals surface area contributed by atoms with Gasteiger partial charge in [0.15, 0.2) is 5.78 Å². The molecule has 1 heterocycles. The quantitative estimate of drug-likeness (QED) is 0.689. The van der Waals surface area contributed by atoms with Crippen LogP contribution in [0.3, 0.4) is 0 Å². The molecule has 1 aliphatic heterocycles. The minimum absolute atomic E-state index is 0.289. The van der Waals surface area contributed by atoms with Crippen molar-refractivity contribution in [2.75, 3.05) is 13.1 Å². The molecule has 0 N–H and O–H groups in total. The Morgan fingerprint density at radius 1 is 1.05 bits per heavy atom. The first-order valence-corrected chi connectivity index (χ1v) is 8.56. The number of carbonyl (C=O) groups excluding carboxylic acids is 1. The van der Waals surface area contributed by atoms with Gasteiger partial charge in [-0.25, -0.2) is 0 Å². The molecule has 2 nitrogen and oxygen atoms in total. The molecule has 0 atom stereocenters. The zero-order chi connectivity index (χ0) is 15.3. The highest BCUT2D eigenvalue weighted by molar-refractivity contribution is 6.03. The minimum atomic E-state index is -0.289. The minimum Gasteiger partial charge on any atom is -0.292 e. The van der Waals surface area contributed by atoms with Gasteiger partial charge >= 0.3 is 0 Å². The summed E-state index contributed by atoms with van der Waals surface area (Å²) < 4.78 is 0. The topological polar surface area (TPSA) is 20.3 Å². The lowest BCUT2D eigenvalue weighted by Crippen LogP contribution is -2.52. The second-order valence-electron chi connectivity index (χ2n) is 6.21. The standard InChI is InChI=1S/C19H29NO/c1-4-9-16-10-12-17(13-11-16)18(21)19(5-2,6-3)20-14-7-8-15-20/h10-13H,4-9,14-15H2,1-3H3. The average Bonchev–Trinajstić information content (AvgIpc) is 3.05. The highest BCUT2D eigenvalue weighted by Crippen LogP contribution is 2.31. The number of rotatable bonds is 7. The van der Waals surface area contributed by atoms with E-state index < -0.39 is 0 Å². The maximum atomic E-state index is 13.1. The predicted molar refractivity (Wildman–Crippen MR) is 88.9 cm³/mol. The molecule has 0 amide bonds. The first-order valence-electron chi connectivity index (χ1n) is 8.56. The van der Waals surface area contributed by atoms with Gasteiger partial charge < -0.3 is 0 Å². The van der Waals surface area contributed by atoms with Crippen molar-refractivity contribution < 1.29 is 4.79 Å². The largest absolute Gasteiger partial charge is 0.292 e. The van der Waals surface area contributed by atoms with Gasteiger partial charge in [-0.1, -0.05) is 51.5 Å². The molecule has 1 aliphatic rings. The van der Waals surface area contributed by atoms with Crippen LogP contribution in [0.25, 0.3) is 0 Å². The van der Waals surface area contributed by atoms with E-state index in [1.54, 1.807) is 0 Å². The van der Waals surface area contributed by atoms with Gasteiger partial charge in [0.1, 0.15) is 0 Å². The molecule has 1 aromatic carbocycles. The Labute approximate surface area is 129 Å². The Bertz CT molecular complexity index is 453. The van der Waals surface area contributed by atoms with Crippen molar-refractivity contribution in [3.05, 3.63) is 35.4 Å². The summed E-state index contributed by atoms with van der Waals surface area (Å²) in [6, 6.07) is 8.31. The van der Waals surface area contributed by atoms with Gasteiger partial charge in [-0.2, -0.15) is 0 Å². The molecule has 0 saturated carbocycles. The van der Waals surface area contributed by atoms with Gasteiger partial charge in [0.2, 0.25) is 0 Å². The summed E-state index contributed by atoms with van der Waals surface area (Å²) in [6.45, 7) is 8.64. The second kappa shape index (κ2) is 7.22. The molecule has 2 rings (SSSR count). The van der Waals surface area contributed by atoms with Crippen LogP contribution in [0.1, 0.15) is 68.8 Å². The Hall–Kier alpha value is -1.15. The number of nitrogens with zero attached hydrogens (tertiary/aromatic N) is 1. The van der Waals surface area contributed by atoms with Gasteiger partial charge in [0.05, 0.1) is 5.54 Å². The van der Waals surface area contributed by atoms with Crippen LogP contribution < -0.4 is 0 Å². The summed E-state index contributed by atoms with van der Waals surface area (Å²) in [7, 11) is 0. The summed E-state index contributed by atoms with van der Waals surface area (Å²) in [5.41, 5.74) is 1.92. The number of hydrogen-bond acceptors (Lipinski definition) is 2. The summed E-state index contributed by atoms with van der Waals surface area (Å²) in [5.74, 6) is 0.317. The first kappa shape index (κ1) is 16.2. The van der Waals surface area contributed by atoms with Gasteiger partial charge in [-0.15, -0.1) is 0 Å². The second-order valence-corrected chi connectivity index (χ2v) is 6.21. The average molecular weight is 287 g/mol. The fourth-order valence-electron chi connectivity index (χ4n) is 3.69. The zero-order valence-corrected chi connectivity index (χ0v) is 13.8. The fourth-order valence-corrected chi connectivity index (χ4v) is 3.69. The van der Waals surface area contributed by atoms with E-state index in [2.05, 4.69) is 37.8 Å². The molecule has 1 fully saturated rings. The monoisotopic (exact) mass is 287 g/mol. The van der Waals surface area contributed by atoms with Crippen LogP contribution in [0.5, 0.6) is 0 Å². The lowest BCUT2D eigenvalue weighted by atomic mass is 9.82. The first-order chi connectivity index (χ1) is 10.2. The lowest BCUT2D eigenvalue weighted by molar-refractivity contribution is 0.0581. The SMILES string of the molecule is CCCc1ccc(C(=O)C(CC)(CC)N2CCCC2)cc1. The van der Waals surface area contributed by atoms with Gasteiger partial charge in [-0.05, 0) is 50.8 Å². The molecule has 2 heteroatoms. The molecule has 0 bridgehead atoms. The number of carbonyl (C=O) groups is 1. The Balaban J connectivity index is 2.25. The number of aryl methyl sites for hydroxylation is 1. The molecular weight excluding hydrogens is 258 g/mol. The number of likely N-dealkylation sites (tertiary alicyclic amines) is 1. The smallest absolute Gasteiger partial charge is 0.183 e. The normalized spacial score (nSPS) is 16.3. The third-order valence-electron chi connectivity index (χ3n) is 5.06. The molecule has 0 radical (unpaired) electrons. The third-order valence-corrected chi connectivity index (χ3v) is 5.06. The molecule has 0 aliphatic carbocycles. The highest BCUT2D eigenvalue weighted by Gasteiger charge is 2.41. The molecule has 0 unspecified atom stereocenters. The van der Waals surface area contributed by atoms with Crippen LogP contribution in [0.2, 0.25) is 0 Å². The molecule has 0 aromatic heterocycles. The van der Waals surface area contributed by atoms with Crippen molar-refractivity contribution in [3.63, 3.8) is 0 Å². The highest BCUT2D eigenvalue weighted by atomic mass is 16.1. The van der Waals surface area contributed by atoms with Crippen molar-refractivity contribution in [1.29, 1.82) is 0 Å². The lowest BCUT2D eigenvalue weighted by Gasteiger charge is -2.39. The van der Waals surface area contributed by atoms with Crippen molar-refractivity contribution in [1.82, 2.24) is 4.90 Å². The molecule has 1 aromatic rings. The molecule has 1 saturated heterocycles. The predicted octanol–water partition coefficient (Wildman–Crippen LogP) is 4.48. The fraction of sp³-hybridized carbons (Fsp3) is 0.632. The molecule has 116 valence electrons. The third kappa shape index (κ3) is 3.21. The molecular formula is C19H29NO. The van der Waals surface area contributed by atoms with Crippen molar-refractivity contribution in [2.24, 2.45) is 0 Å². The number of hydrogen-bond donors (Lipinski definition) is 0. The van der Waals surface area contributed by atoms with Crippen LogP contribution in [0.4, 0.5) is 0 Å². The van der Waals surface area contributed by atoms with E-state index in [1.807, 2.05) is 12.1 Å². The van der Waals surface area contributed by atoms with E-state index in [1.165, 1.54) is 18.4 Å². The Kier molecular flexibility index (Phi) is 5.58. The Morgan fingerprint density at radius 2 is 1.62 bits per heavy atom. The van der Waals surface area contributed by atoms with E-state index in [9.17, 15) is 4.79 Å². The zero-order valence-electron chi connectivity index (χ0n) is 13.8. The van der Waals surface area contributed by atoms with Crippen LogP contribution >= 0.6 is 0 Å². The van der Waals surface area contributed by atoms with Gasteiger partial charge in [0.25, 0.3) is 0 Å². The summed E-state index contributed by atoms with van der Waals surface area (Å²) in [4.78, 5) is 15.6. The van der Waals surface area contributed by atoms with Crippen LogP contribution in [-0.2, 0) is 6.42 Å². The molecule has 0 spiro atoms. The van der Waals surface area contributed by atoms with Crippen molar-refractivity contribution in [3.8, 4) is 0 Å². The number of benzene rings is 1. The van der Waals surface area contributed by atoms with Crippen molar-refractivity contribution in [2.45, 2.75) is 64.8 Å². The van der Waals surface area contributed by atoms with E-state index in [0.717, 1.165) is 44.3 Å². The van der Waals surface area contributed by atoms with E-state index in [4.69, 9.17) is 0 Å². The number of ketones is 1. The summed E-state index contributed by atoms with van der Waals surface area (Å²) in [6.07, 6.45) is 6.50. The van der Waals surface area contributed by atoms with E-state index in [-0.39, 0.29) is 5.54 Å². The van der Waals surface area contributed by atoms with E-state index in [0.29, 0.717) is 5.78 Å². The van der Waals surface area contributed by atoms with Crippen molar-refractivity contribution >= 4 is 5.78 Å².